The van der Waals surface area contributed by atoms with Crippen LogP contribution in [0.5, 0.6) is 0 Å². The third kappa shape index (κ3) is 2.78. The zero-order valence-corrected chi connectivity index (χ0v) is 9.63. The van der Waals surface area contributed by atoms with Crippen LogP contribution in [0, 0.1) is 0 Å². The molecule has 1 unspecified atom stereocenters. The molecule has 98 valence electrons. The van der Waals surface area contributed by atoms with Crippen molar-refractivity contribution < 1.29 is 18.0 Å². The molecule has 0 amide bonds. The lowest BCUT2D eigenvalue weighted by molar-refractivity contribution is -0.138. The average Bonchev–Trinajstić information content (AvgIpc) is 2.40. The number of alkyl halides is 3. The van der Waals surface area contributed by atoms with Gasteiger partial charge in [0.15, 0.2) is 0 Å². The fourth-order valence-electron chi connectivity index (χ4n) is 1.84. The number of halogens is 3. The van der Waals surface area contributed by atoms with Gasteiger partial charge < -0.3 is 4.79 Å². The Bertz CT molecular complexity index is 570. The first kappa shape index (κ1) is 13.2. The zero-order chi connectivity index (χ0) is 13.9. The largest absolute Gasteiger partial charge is 0.416 e. The fourth-order valence-corrected chi connectivity index (χ4v) is 1.84. The molecule has 0 aliphatic heterocycles. The van der Waals surface area contributed by atoms with Gasteiger partial charge in [-0.25, -0.2) is 0 Å². The number of hydrogen-bond donors (Lipinski definition) is 0. The highest BCUT2D eigenvalue weighted by atomic mass is 19.4. The second kappa shape index (κ2) is 5.17. The summed E-state index contributed by atoms with van der Waals surface area (Å²) < 4.78 is 38.8. The maximum atomic E-state index is 12.9. The SMILES string of the molecule is O=CC(c1ccnnc1)c1ccccc1C(F)(F)F. The summed E-state index contributed by atoms with van der Waals surface area (Å²) in [5.74, 6) is -1.01. The molecule has 1 aromatic heterocycles. The molecule has 1 aromatic carbocycles. The normalized spacial score (nSPS) is 13.0. The average molecular weight is 266 g/mol. The van der Waals surface area contributed by atoms with Crippen molar-refractivity contribution in [2.45, 2.75) is 12.1 Å². The third-order valence-corrected chi connectivity index (χ3v) is 2.70. The van der Waals surface area contributed by atoms with Crippen molar-refractivity contribution in [3.63, 3.8) is 0 Å². The van der Waals surface area contributed by atoms with Crippen LogP contribution >= 0.6 is 0 Å². The maximum absolute atomic E-state index is 12.9. The first-order chi connectivity index (χ1) is 9.04. The van der Waals surface area contributed by atoms with Gasteiger partial charge in [-0.05, 0) is 23.3 Å². The van der Waals surface area contributed by atoms with Gasteiger partial charge in [0, 0.05) is 6.20 Å². The number of carbonyl (C=O) groups excluding carboxylic acids is 1. The van der Waals surface area contributed by atoms with Gasteiger partial charge in [-0.15, -0.1) is 0 Å². The lowest BCUT2D eigenvalue weighted by Gasteiger charge is -2.17. The van der Waals surface area contributed by atoms with E-state index in [1.54, 1.807) is 0 Å². The second-order valence-corrected chi connectivity index (χ2v) is 3.87. The minimum absolute atomic E-state index is 0.0852. The highest BCUT2D eigenvalue weighted by Gasteiger charge is 2.35. The van der Waals surface area contributed by atoms with Crippen LogP contribution in [-0.2, 0) is 11.0 Å². The molecule has 1 heterocycles. The van der Waals surface area contributed by atoms with E-state index in [0.29, 0.717) is 11.8 Å². The van der Waals surface area contributed by atoms with E-state index < -0.39 is 17.7 Å². The molecule has 2 aromatic rings. The number of hydrogen-bond acceptors (Lipinski definition) is 3. The van der Waals surface area contributed by atoms with Crippen LogP contribution in [0.3, 0.4) is 0 Å². The quantitative estimate of drug-likeness (QED) is 0.802. The van der Waals surface area contributed by atoms with E-state index in [-0.39, 0.29) is 5.56 Å². The molecule has 0 aliphatic rings. The lowest BCUT2D eigenvalue weighted by atomic mass is 9.90. The maximum Gasteiger partial charge on any atom is 0.416 e. The predicted octanol–water partition coefficient (Wildman–Crippen LogP) is 2.83. The first-order valence-corrected chi connectivity index (χ1v) is 5.42. The van der Waals surface area contributed by atoms with E-state index in [2.05, 4.69) is 10.2 Å². The van der Waals surface area contributed by atoms with E-state index in [4.69, 9.17) is 0 Å². The monoisotopic (exact) mass is 266 g/mol. The molecular formula is C13H9F3N2O. The van der Waals surface area contributed by atoms with Crippen molar-refractivity contribution in [2.24, 2.45) is 0 Å². The predicted molar refractivity (Wildman–Crippen MR) is 61.4 cm³/mol. The van der Waals surface area contributed by atoms with Crippen molar-refractivity contribution in [2.75, 3.05) is 0 Å². The number of nitrogens with zero attached hydrogens (tertiary/aromatic N) is 2. The first-order valence-electron chi connectivity index (χ1n) is 5.42. The summed E-state index contributed by atoms with van der Waals surface area (Å²) >= 11 is 0. The Labute approximate surface area is 107 Å². The Kier molecular flexibility index (Phi) is 3.59. The standard InChI is InChI=1S/C13H9F3N2O/c14-13(15,16)12-4-2-1-3-10(12)11(8-19)9-5-6-17-18-7-9/h1-8,11H. The number of aldehydes is 1. The second-order valence-electron chi connectivity index (χ2n) is 3.87. The van der Waals surface area contributed by atoms with Gasteiger partial charge >= 0.3 is 6.18 Å². The van der Waals surface area contributed by atoms with Gasteiger partial charge in [0.2, 0.25) is 0 Å². The van der Waals surface area contributed by atoms with Gasteiger partial charge in [-0.2, -0.15) is 23.4 Å². The Morgan fingerprint density at radius 2 is 1.84 bits per heavy atom. The summed E-state index contributed by atoms with van der Waals surface area (Å²) in [5, 5.41) is 7.12. The molecule has 19 heavy (non-hydrogen) atoms. The number of carbonyl (C=O) groups is 1. The van der Waals surface area contributed by atoms with Crippen LogP contribution in [0.1, 0.15) is 22.6 Å². The summed E-state index contributed by atoms with van der Waals surface area (Å²) in [7, 11) is 0. The van der Waals surface area contributed by atoms with Crippen LogP contribution < -0.4 is 0 Å². The minimum atomic E-state index is -4.50. The van der Waals surface area contributed by atoms with Gasteiger partial charge in [-0.3, -0.25) is 0 Å². The molecule has 2 rings (SSSR count). The molecule has 0 bridgehead atoms. The highest BCUT2D eigenvalue weighted by Crippen LogP contribution is 2.36. The van der Waals surface area contributed by atoms with Crippen molar-refractivity contribution >= 4 is 6.29 Å². The molecule has 0 aliphatic carbocycles. The number of benzene rings is 1. The molecule has 1 atom stereocenters. The Balaban J connectivity index is 2.54. The summed E-state index contributed by atoms with van der Waals surface area (Å²) in [6.07, 6.45) is -1.41. The molecular weight excluding hydrogens is 257 g/mol. The molecule has 0 saturated heterocycles. The van der Waals surface area contributed by atoms with Crippen molar-refractivity contribution in [1.29, 1.82) is 0 Å². The van der Waals surface area contributed by atoms with Gasteiger partial charge in [0.05, 0.1) is 17.7 Å². The van der Waals surface area contributed by atoms with Crippen molar-refractivity contribution in [3.8, 4) is 0 Å². The number of rotatable bonds is 3. The number of aromatic nitrogens is 2. The van der Waals surface area contributed by atoms with Crippen LogP contribution in [0.15, 0.2) is 42.7 Å². The molecule has 0 N–H and O–H groups in total. The van der Waals surface area contributed by atoms with Crippen LogP contribution in [0.2, 0.25) is 0 Å². The van der Waals surface area contributed by atoms with E-state index >= 15 is 0 Å². The molecule has 0 radical (unpaired) electrons. The minimum Gasteiger partial charge on any atom is -0.302 e. The summed E-state index contributed by atoms with van der Waals surface area (Å²) in [6.45, 7) is 0. The van der Waals surface area contributed by atoms with Crippen LogP contribution in [0.25, 0.3) is 0 Å². The summed E-state index contributed by atoms with van der Waals surface area (Å²) in [6, 6.07) is 6.48. The van der Waals surface area contributed by atoms with E-state index in [0.717, 1.165) is 6.07 Å². The summed E-state index contributed by atoms with van der Waals surface area (Å²) in [5.41, 5.74) is -0.524. The highest BCUT2D eigenvalue weighted by molar-refractivity contribution is 5.69. The van der Waals surface area contributed by atoms with Crippen LogP contribution in [0.4, 0.5) is 13.2 Å². The topological polar surface area (TPSA) is 42.9 Å². The Morgan fingerprint density at radius 1 is 1.11 bits per heavy atom. The van der Waals surface area contributed by atoms with Gasteiger partial charge in [-0.1, -0.05) is 18.2 Å². The van der Waals surface area contributed by atoms with Crippen molar-refractivity contribution in [1.82, 2.24) is 10.2 Å². The molecule has 0 spiro atoms. The molecule has 3 nitrogen and oxygen atoms in total. The molecule has 6 heteroatoms. The van der Waals surface area contributed by atoms with Gasteiger partial charge in [0.1, 0.15) is 6.29 Å². The van der Waals surface area contributed by atoms with Crippen LogP contribution in [-0.4, -0.2) is 16.5 Å². The molecule has 0 fully saturated rings. The smallest absolute Gasteiger partial charge is 0.302 e. The fraction of sp³-hybridized carbons (Fsp3) is 0.154. The van der Waals surface area contributed by atoms with Gasteiger partial charge in [0.25, 0.3) is 0 Å². The zero-order valence-electron chi connectivity index (χ0n) is 9.63. The Hall–Kier alpha value is -2.24. The van der Waals surface area contributed by atoms with Crippen molar-refractivity contribution in [3.05, 3.63) is 59.4 Å². The lowest BCUT2D eigenvalue weighted by Crippen LogP contribution is -2.13. The molecule has 0 saturated carbocycles. The summed E-state index contributed by atoms with van der Waals surface area (Å²) in [4.78, 5) is 11.2. The van der Waals surface area contributed by atoms with E-state index in [1.165, 1.54) is 36.7 Å². The third-order valence-electron chi connectivity index (χ3n) is 2.70. The Morgan fingerprint density at radius 3 is 2.42 bits per heavy atom. The van der Waals surface area contributed by atoms with E-state index in [9.17, 15) is 18.0 Å². The van der Waals surface area contributed by atoms with E-state index in [1.807, 2.05) is 0 Å².